The number of pyridine rings is 1. The van der Waals surface area contributed by atoms with Gasteiger partial charge in [-0.3, -0.25) is 9.69 Å². The second-order valence-corrected chi connectivity index (χ2v) is 18.3. The summed E-state index contributed by atoms with van der Waals surface area (Å²) in [6.45, 7) is 12.3. The first-order chi connectivity index (χ1) is 20.4. The van der Waals surface area contributed by atoms with Gasteiger partial charge in [0.15, 0.2) is 11.6 Å². The molecule has 8 nitrogen and oxygen atoms in total. The van der Waals surface area contributed by atoms with E-state index < -0.39 is 19.7 Å². The van der Waals surface area contributed by atoms with Gasteiger partial charge in [-0.1, -0.05) is 19.6 Å². The quantitative estimate of drug-likeness (QED) is 0.141. The lowest BCUT2D eigenvalue weighted by molar-refractivity contribution is 0.0843. The zero-order chi connectivity index (χ0) is 30.9. The Kier molecular flexibility index (Phi) is 9.07. The number of nitrogens with zero attached hydrogens (tertiary/aromatic N) is 4. The topological polar surface area (TPSA) is 77.9 Å². The number of benzene rings is 2. The molecule has 1 fully saturated rings. The van der Waals surface area contributed by atoms with Crippen LogP contribution in [0.15, 0.2) is 53.5 Å². The molecule has 2 N–H and O–H groups in total. The zero-order valence-corrected chi connectivity index (χ0v) is 26.6. The maximum atomic E-state index is 14.6. The van der Waals surface area contributed by atoms with Gasteiger partial charge in [0.25, 0.3) is 5.56 Å². The Bertz CT molecular complexity index is 1670. The van der Waals surface area contributed by atoms with Gasteiger partial charge in [0, 0.05) is 89.2 Å². The van der Waals surface area contributed by atoms with E-state index in [4.69, 9.17) is 15.2 Å². The van der Waals surface area contributed by atoms with Crippen molar-refractivity contribution in [3.63, 3.8) is 0 Å². The predicted octanol–water partition coefficient (Wildman–Crippen LogP) is 5.72. The minimum Gasteiger partial charge on any atom is -0.454 e. The molecule has 0 bridgehead atoms. The first-order valence-corrected chi connectivity index (χ1v) is 18.3. The molecular weight excluding hydrogens is 568 g/mol. The summed E-state index contributed by atoms with van der Waals surface area (Å²) in [6.07, 6.45) is 1.76. The Balaban J connectivity index is 1.64. The van der Waals surface area contributed by atoms with Crippen molar-refractivity contribution >= 4 is 24.7 Å². The molecule has 0 saturated carbocycles. The van der Waals surface area contributed by atoms with Crippen LogP contribution in [0.2, 0.25) is 25.7 Å². The van der Waals surface area contributed by atoms with Gasteiger partial charge < -0.3 is 29.2 Å². The molecule has 2 aromatic carbocycles. The molecule has 4 aromatic rings. The number of nitrogen functional groups attached to an aromatic ring is 1. The van der Waals surface area contributed by atoms with Crippen molar-refractivity contribution in [3.8, 4) is 22.6 Å². The molecule has 5 rings (SSSR count). The summed E-state index contributed by atoms with van der Waals surface area (Å²) in [5, 5.41) is 0.555. The van der Waals surface area contributed by atoms with E-state index in [2.05, 4.69) is 41.1 Å². The van der Waals surface area contributed by atoms with Gasteiger partial charge in [-0.15, -0.1) is 0 Å². The van der Waals surface area contributed by atoms with Crippen LogP contribution in [0.3, 0.4) is 0 Å². The second-order valence-electron chi connectivity index (χ2n) is 12.6. The fourth-order valence-corrected chi connectivity index (χ4v) is 6.08. The first-order valence-electron chi connectivity index (χ1n) is 14.6. The van der Waals surface area contributed by atoms with Crippen LogP contribution in [0.4, 0.5) is 14.5 Å². The third kappa shape index (κ3) is 7.18. The van der Waals surface area contributed by atoms with E-state index in [-0.39, 0.29) is 18.0 Å². The molecule has 11 heteroatoms. The summed E-state index contributed by atoms with van der Waals surface area (Å²) < 4.78 is 44.1. The minimum atomic E-state index is -1.31. The van der Waals surface area contributed by atoms with Crippen LogP contribution in [0.25, 0.3) is 22.0 Å². The molecule has 0 unspecified atom stereocenters. The molecule has 3 heterocycles. The van der Waals surface area contributed by atoms with E-state index in [0.29, 0.717) is 46.6 Å². The van der Waals surface area contributed by atoms with E-state index >= 15 is 0 Å². The molecule has 230 valence electrons. The lowest BCUT2D eigenvalue weighted by Crippen LogP contribution is -2.44. The highest BCUT2D eigenvalue weighted by atomic mass is 28.3. The minimum absolute atomic E-state index is 0.116. The van der Waals surface area contributed by atoms with Crippen molar-refractivity contribution in [2.75, 3.05) is 45.6 Å². The number of hydrogen-bond donors (Lipinski definition) is 1. The summed E-state index contributed by atoms with van der Waals surface area (Å²) in [7, 11) is 2.52. The smallest absolute Gasteiger partial charge is 0.259 e. The Labute approximate surface area is 252 Å². The number of aromatic nitrogens is 2. The monoisotopic (exact) mass is 609 g/mol. The predicted molar refractivity (Wildman–Crippen MR) is 170 cm³/mol. The zero-order valence-electron chi connectivity index (χ0n) is 25.6. The average Bonchev–Trinajstić information content (AvgIpc) is 3.30. The molecule has 43 heavy (non-hydrogen) atoms. The van der Waals surface area contributed by atoms with Gasteiger partial charge in [0.1, 0.15) is 18.3 Å². The van der Waals surface area contributed by atoms with Gasteiger partial charge in [0.2, 0.25) is 0 Å². The fraction of sp³-hybridized carbons (Fsp3) is 0.406. The van der Waals surface area contributed by atoms with E-state index in [9.17, 15) is 13.6 Å². The lowest BCUT2D eigenvalue weighted by atomic mass is 10.0. The Hall–Kier alpha value is -3.51. The highest BCUT2D eigenvalue weighted by Crippen LogP contribution is 2.39. The van der Waals surface area contributed by atoms with Crippen LogP contribution in [0.5, 0.6) is 11.5 Å². The molecular formula is C32H41F2N5O3Si. The number of likely N-dealkylation sites (N-methyl/N-ethyl adjacent to an activating group) is 1. The van der Waals surface area contributed by atoms with Crippen LogP contribution in [0, 0.1) is 11.6 Å². The summed E-state index contributed by atoms with van der Waals surface area (Å²) >= 11 is 0. The number of nitrogens with two attached hydrogens (primary N) is 1. The van der Waals surface area contributed by atoms with Crippen molar-refractivity contribution < 1.29 is 18.3 Å². The van der Waals surface area contributed by atoms with Crippen molar-refractivity contribution in [3.05, 3.63) is 76.3 Å². The second kappa shape index (κ2) is 12.6. The van der Waals surface area contributed by atoms with Crippen LogP contribution in [0.1, 0.15) is 5.69 Å². The number of rotatable bonds is 10. The maximum Gasteiger partial charge on any atom is 0.259 e. The van der Waals surface area contributed by atoms with E-state index in [1.54, 1.807) is 36.0 Å². The average molecular weight is 610 g/mol. The SMILES string of the molecule is CN1CCN(Cc2cc3c(=O)n(C)cc(-c4cc(N)ccc4Oc4ccc(F)cc4F)c3n2COCC[Si](C)(C)C)CC1. The number of halogens is 2. The fourth-order valence-electron chi connectivity index (χ4n) is 5.33. The number of ether oxygens (including phenoxy) is 2. The van der Waals surface area contributed by atoms with Gasteiger partial charge in [-0.2, -0.15) is 0 Å². The van der Waals surface area contributed by atoms with E-state index in [0.717, 1.165) is 50.0 Å². The summed E-state index contributed by atoms with van der Waals surface area (Å²) in [5.41, 5.74) is 9.56. The first kappa shape index (κ1) is 30.9. The number of anilines is 1. The third-order valence-corrected chi connectivity index (χ3v) is 9.62. The molecule has 2 aromatic heterocycles. The van der Waals surface area contributed by atoms with Gasteiger partial charge in [-0.05, 0) is 49.5 Å². The summed E-state index contributed by atoms with van der Waals surface area (Å²) in [4.78, 5) is 18.2. The lowest BCUT2D eigenvalue weighted by Gasteiger charge is -2.32. The molecule has 0 amide bonds. The van der Waals surface area contributed by atoms with E-state index in [1.165, 1.54) is 6.07 Å². The summed E-state index contributed by atoms with van der Waals surface area (Å²) in [5.74, 6) is -1.30. The van der Waals surface area contributed by atoms with Crippen molar-refractivity contribution in [1.82, 2.24) is 18.9 Å². The van der Waals surface area contributed by atoms with E-state index in [1.807, 2.05) is 6.07 Å². The van der Waals surface area contributed by atoms with Crippen molar-refractivity contribution in [2.24, 2.45) is 7.05 Å². The number of aryl methyl sites for hydroxylation is 1. The molecule has 0 radical (unpaired) electrons. The van der Waals surface area contributed by atoms with Gasteiger partial charge in [-0.25, -0.2) is 8.78 Å². The maximum absolute atomic E-state index is 14.6. The van der Waals surface area contributed by atoms with Crippen LogP contribution in [-0.2, 0) is 25.1 Å². The number of hydrogen-bond acceptors (Lipinski definition) is 6. The molecule has 1 aliphatic rings. The van der Waals surface area contributed by atoms with Crippen LogP contribution < -0.4 is 16.0 Å². The Morgan fingerprint density at radius 3 is 2.35 bits per heavy atom. The van der Waals surface area contributed by atoms with Crippen LogP contribution >= 0.6 is 0 Å². The molecule has 1 aliphatic heterocycles. The molecule has 0 aliphatic carbocycles. The largest absolute Gasteiger partial charge is 0.454 e. The van der Waals surface area contributed by atoms with Crippen molar-refractivity contribution in [2.45, 2.75) is 39.0 Å². The van der Waals surface area contributed by atoms with Gasteiger partial charge in [0.05, 0.1) is 10.9 Å². The Morgan fingerprint density at radius 1 is 0.930 bits per heavy atom. The number of piperazine rings is 1. The van der Waals surface area contributed by atoms with Gasteiger partial charge >= 0.3 is 0 Å². The van der Waals surface area contributed by atoms with Crippen LogP contribution in [-0.4, -0.2) is 66.8 Å². The molecule has 0 atom stereocenters. The highest BCUT2D eigenvalue weighted by Gasteiger charge is 2.23. The number of fused-ring (bicyclic) bond motifs is 1. The standard InChI is InChI=1S/C32H41F2N5O3Si/c1-36-10-12-38(13-11-36)19-24-18-26-31(39(24)21-41-14-15-43(3,4)5)27(20-37(2)32(26)40)25-17-23(35)7-9-29(25)42-30-8-6-22(33)16-28(30)34/h6-9,16-18,20H,10-15,19,21,35H2,1-5H3. The third-order valence-electron chi connectivity index (χ3n) is 7.92. The highest BCUT2D eigenvalue weighted by molar-refractivity contribution is 6.76. The Morgan fingerprint density at radius 2 is 1.65 bits per heavy atom. The molecule has 1 saturated heterocycles. The normalized spacial score (nSPS) is 15.0. The van der Waals surface area contributed by atoms with Crippen molar-refractivity contribution in [1.29, 1.82) is 0 Å². The molecule has 0 spiro atoms. The summed E-state index contributed by atoms with van der Waals surface area (Å²) in [6, 6.07) is 11.2.